The molecule has 1 aromatic rings. The third-order valence-electron chi connectivity index (χ3n) is 4.09. The molecule has 4 heteroatoms. The number of likely N-dealkylation sites (tertiary alicyclic amines) is 1. The minimum Gasteiger partial charge on any atom is -0.343 e. The molecule has 1 fully saturated rings. The lowest BCUT2D eigenvalue weighted by atomic mass is 9.87. The lowest BCUT2D eigenvalue weighted by molar-refractivity contribution is -0.129. The Balaban J connectivity index is 1.75. The van der Waals surface area contributed by atoms with E-state index in [1.165, 1.54) is 6.07 Å². The Morgan fingerprint density at radius 2 is 2.11 bits per heavy atom. The summed E-state index contributed by atoms with van der Waals surface area (Å²) < 4.78 is 13.2. The Kier molecular flexibility index (Phi) is 3.09. The zero-order valence-electron chi connectivity index (χ0n) is 11.0. The van der Waals surface area contributed by atoms with Crippen LogP contribution in [-0.2, 0) is 11.3 Å². The normalized spacial score (nSPS) is 19.3. The highest BCUT2D eigenvalue weighted by Gasteiger charge is 2.28. The molecule has 3 rings (SSSR count). The summed E-state index contributed by atoms with van der Waals surface area (Å²) >= 11 is 0. The molecule has 2 aliphatic rings. The van der Waals surface area contributed by atoms with Crippen LogP contribution in [0.2, 0.25) is 0 Å². The third-order valence-corrected chi connectivity index (χ3v) is 4.09. The maximum absolute atomic E-state index is 13.2. The largest absolute Gasteiger partial charge is 0.343 e. The van der Waals surface area contributed by atoms with Crippen molar-refractivity contribution in [2.45, 2.75) is 26.3 Å². The molecule has 0 aromatic heterocycles. The SMILES string of the molecule is CC(=O)N1CCC(C2=NCc3cc(F)ccc32)CC1. The minimum absolute atomic E-state index is 0.147. The summed E-state index contributed by atoms with van der Waals surface area (Å²) in [6, 6.07) is 4.93. The van der Waals surface area contributed by atoms with Gasteiger partial charge < -0.3 is 4.90 Å². The fourth-order valence-corrected chi connectivity index (χ4v) is 3.02. The second kappa shape index (κ2) is 4.76. The number of halogens is 1. The van der Waals surface area contributed by atoms with Crippen molar-refractivity contribution in [1.29, 1.82) is 0 Å². The molecule has 2 aliphatic heterocycles. The lowest BCUT2D eigenvalue weighted by Crippen LogP contribution is -2.39. The molecule has 0 atom stereocenters. The predicted octanol–water partition coefficient (Wildman–Crippen LogP) is 2.39. The number of benzene rings is 1. The summed E-state index contributed by atoms with van der Waals surface area (Å²) in [6.45, 7) is 3.81. The molecule has 19 heavy (non-hydrogen) atoms. The van der Waals surface area contributed by atoms with Gasteiger partial charge >= 0.3 is 0 Å². The van der Waals surface area contributed by atoms with Crippen molar-refractivity contribution in [3.8, 4) is 0 Å². The van der Waals surface area contributed by atoms with Gasteiger partial charge in [-0.2, -0.15) is 0 Å². The molecule has 1 saturated heterocycles. The number of amides is 1. The van der Waals surface area contributed by atoms with E-state index in [0.29, 0.717) is 12.5 Å². The van der Waals surface area contributed by atoms with Gasteiger partial charge in [-0.15, -0.1) is 0 Å². The number of aliphatic imine (C=N–C) groups is 1. The molecular weight excluding hydrogens is 243 g/mol. The van der Waals surface area contributed by atoms with E-state index in [-0.39, 0.29) is 11.7 Å². The minimum atomic E-state index is -0.193. The Morgan fingerprint density at radius 1 is 1.37 bits per heavy atom. The molecule has 100 valence electrons. The zero-order valence-corrected chi connectivity index (χ0v) is 11.0. The Morgan fingerprint density at radius 3 is 2.79 bits per heavy atom. The van der Waals surface area contributed by atoms with Crippen molar-refractivity contribution < 1.29 is 9.18 Å². The zero-order chi connectivity index (χ0) is 13.4. The first-order chi connectivity index (χ1) is 9.15. The molecular formula is C15H17FN2O. The van der Waals surface area contributed by atoms with Crippen LogP contribution in [0.25, 0.3) is 0 Å². The molecule has 1 aromatic carbocycles. The van der Waals surface area contributed by atoms with Crippen LogP contribution in [0.4, 0.5) is 4.39 Å². The van der Waals surface area contributed by atoms with Crippen molar-refractivity contribution in [1.82, 2.24) is 4.90 Å². The van der Waals surface area contributed by atoms with E-state index in [1.54, 1.807) is 13.0 Å². The van der Waals surface area contributed by atoms with Crippen LogP contribution in [-0.4, -0.2) is 29.6 Å². The predicted molar refractivity (Wildman–Crippen MR) is 71.6 cm³/mol. The van der Waals surface area contributed by atoms with Crippen molar-refractivity contribution in [3.05, 3.63) is 35.1 Å². The van der Waals surface area contributed by atoms with Crippen molar-refractivity contribution in [3.63, 3.8) is 0 Å². The van der Waals surface area contributed by atoms with E-state index in [0.717, 1.165) is 42.8 Å². The standard InChI is InChI=1S/C15H17FN2O/c1-10(19)18-6-4-11(5-7-18)15-14-3-2-13(16)8-12(14)9-17-15/h2-3,8,11H,4-7,9H2,1H3. The van der Waals surface area contributed by atoms with E-state index >= 15 is 0 Å². The average molecular weight is 260 g/mol. The maximum atomic E-state index is 13.2. The average Bonchev–Trinajstić information content (AvgIpc) is 2.81. The van der Waals surface area contributed by atoms with Gasteiger partial charge in [0.2, 0.25) is 5.91 Å². The monoisotopic (exact) mass is 260 g/mol. The van der Waals surface area contributed by atoms with Crippen molar-refractivity contribution in [2.75, 3.05) is 13.1 Å². The molecule has 3 nitrogen and oxygen atoms in total. The molecule has 2 heterocycles. The van der Waals surface area contributed by atoms with E-state index in [2.05, 4.69) is 4.99 Å². The number of piperidine rings is 1. The number of fused-ring (bicyclic) bond motifs is 1. The van der Waals surface area contributed by atoms with Crippen LogP contribution < -0.4 is 0 Å². The molecule has 0 radical (unpaired) electrons. The third kappa shape index (κ3) is 2.27. The molecule has 0 saturated carbocycles. The number of hydrogen-bond donors (Lipinski definition) is 0. The van der Waals surface area contributed by atoms with Crippen molar-refractivity contribution >= 4 is 11.6 Å². The second-order valence-electron chi connectivity index (χ2n) is 5.28. The number of nitrogens with zero attached hydrogens (tertiary/aromatic N) is 2. The smallest absolute Gasteiger partial charge is 0.219 e. The summed E-state index contributed by atoms with van der Waals surface area (Å²) in [6.07, 6.45) is 1.91. The number of carbonyl (C=O) groups excluding carboxylic acids is 1. The Labute approximate surface area is 112 Å². The highest BCUT2D eigenvalue weighted by Crippen LogP contribution is 2.29. The van der Waals surface area contributed by atoms with Gasteiger partial charge in [-0.1, -0.05) is 0 Å². The van der Waals surface area contributed by atoms with Crippen molar-refractivity contribution in [2.24, 2.45) is 10.9 Å². The van der Waals surface area contributed by atoms with Gasteiger partial charge in [0, 0.05) is 37.2 Å². The van der Waals surface area contributed by atoms with Gasteiger partial charge in [-0.3, -0.25) is 9.79 Å². The van der Waals surface area contributed by atoms with Crippen LogP contribution in [0, 0.1) is 11.7 Å². The highest BCUT2D eigenvalue weighted by molar-refractivity contribution is 6.05. The fraction of sp³-hybridized carbons (Fsp3) is 0.467. The van der Waals surface area contributed by atoms with Gasteiger partial charge in [0.25, 0.3) is 0 Å². The summed E-state index contributed by atoms with van der Waals surface area (Å²) in [4.78, 5) is 17.8. The Bertz CT molecular complexity index is 545. The molecule has 0 spiro atoms. The van der Waals surface area contributed by atoms with Crippen LogP contribution in [0.15, 0.2) is 23.2 Å². The fourth-order valence-electron chi connectivity index (χ4n) is 3.02. The highest BCUT2D eigenvalue weighted by atomic mass is 19.1. The first-order valence-corrected chi connectivity index (χ1v) is 6.74. The van der Waals surface area contributed by atoms with Gasteiger partial charge in [0.15, 0.2) is 0 Å². The summed E-state index contributed by atoms with van der Waals surface area (Å²) in [5.41, 5.74) is 3.20. The molecule has 0 unspecified atom stereocenters. The van der Waals surface area contributed by atoms with E-state index in [1.807, 2.05) is 11.0 Å². The summed E-state index contributed by atoms with van der Waals surface area (Å²) in [5.74, 6) is 0.359. The van der Waals surface area contributed by atoms with Gasteiger partial charge in [0.1, 0.15) is 5.82 Å². The topological polar surface area (TPSA) is 32.7 Å². The lowest BCUT2D eigenvalue weighted by Gasteiger charge is -2.31. The second-order valence-corrected chi connectivity index (χ2v) is 5.28. The van der Waals surface area contributed by atoms with E-state index < -0.39 is 0 Å². The van der Waals surface area contributed by atoms with Gasteiger partial charge in [-0.05, 0) is 36.6 Å². The Hall–Kier alpha value is -1.71. The van der Waals surface area contributed by atoms with Crippen LogP contribution in [0.3, 0.4) is 0 Å². The molecule has 0 bridgehead atoms. The number of rotatable bonds is 1. The van der Waals surface area contributed by atoms with Crippen LogP contribution in [0.1, 0.15) is 30.9 Å². The maximum Gasteiger partial charge on any atom is 0.219 e. The summed E-state index contributed by atoms with van der Waals surface area (Å²) in [5, 5.41) is 0. The quantitative estimate of drug-likeness (QED) is 0.763. The first kappa shape index (κ1) is 12.3. The summed E-state index contributed by atoms with van der Waals surface area (Å²) in [7, 11) is 0. The van der Waals surface area contributed by atoms with Crippen LogP contribution in [0.5, 0.6) is 0 Å². The van der Waals surface area contributed by atoms with Gasteiger partial charge in [0.05, 0.1) is 6.54 Å². The first-order valence-electron chi connectivity index (χ1n) is 6.74. The molecule has 0 N–H and O–H groups in total. The van der Waals surface area contributed by atoms with E-state index in [9.17, 15) is 9.18 Å². The molecule has 1 amide bonds. The molecule has 0 aliphatic carbocycles. The van der Waals surface area contributed by atoms with E-state index in [4.69, 9.17) is 0 Å². The number of carbonyl (C=O) groups is 1. The number of hydrogen-bond acceptors (Lipinski definition) is 2. The van der Waals surface area contributed by atoms with Crippen LogP contribution >= 0.6 is 0 Å². The van der Waals surface area contributed by atoms with Gasteiger partial charge in [-0.25, -0.2) is 4.39 Å².